The zero-order chi connectivity index (χ0) is 31.4. The lowest BCUT2D eigenvalue weighted by atomic mass is 9.42. The number of nitrogen functional groups attached to an aromatic ring is 1. The summed E-state index contributed by atoms with van der Waals surface area (Å²) >= 11 is 0. The fraction of sp³-hybridized carbons (Fsp3) is 0.750. The molecule has 6 aliphatic rings. The number of anilines is 1. The minimum absolute atomic E-state index is 0.0201. The molecular formula is C32H44N2O10. The maximum absolute atomic E-state index is 13.5. The Labute approximate surface area is 257 Å². The Hall–Kier alpha value is -2.32. The third-order valence-electron chi connectivity index (χ3n) is 13.0. The summed E-state index contributed by atoms with van der Waals surface area (Å²) in [5.41, 5.74) is 1.54. The molecule has 1 heterocycles. The van der Waals surface area contributed by atoms with Gasteiger partial charge in [0.1, 0.15) is 17.3 Å². The molecule has 1 aromatic rings. The van der Waals surface area contributed by atoms with Crippen LogP contribution in [-0.2, 0) is 33.2 Å². The number of nitrogens with two attached hydrogens (primary N) is 1. The number of carbonyl (C=O) groups excluding carboxylic acids is 2. The fourth-order valence-corrected chi connectivity index (χ4v) is 12.1. The Balaban J connectivity index is 1.45. The van der Waals surface area contributed by atoms with Gasteiger partial charge in [0.05, 0.1) is 42.6 Å². The van der Waals surface area contributed by atoms with E-state index < -0.39 is 70.3 Å². The zero-order valence-electron chi connectivity index (χ0n) is 25.9. The van der Waals surface area contributed by atoms with Gasteiger partial charge in [-0.15, -0.1) is 0 Å². The number of carbonyl (C=O) groups is 2. The Morgan fingerprint density at radius 2 is 1.82 bits per heavy atom. The number of ether oxygens (including phenoxy) is 6. The van der Waals surface area contributed by atoms with Gasteiger partial charge in [-0.05, 0) is 37.3 Å². The second-order valence-corrected chi connectivity index (χ2v) is 13.8. The number of methoxy groups -OCH3 is 5. The number of aliphatic hydroxyl groups is 2. The van der Waals surface area contributed by atoms with E-state index in [-0.39, 0.29) is 36.7 Å². The first-order valence-corrected chi connectivity index (χ1v) is 15.4. The van der Waals surface area contributed by atoms with Gasteiger partial charge in [-0.3, -0.25) is 4.79 Å². The number of benzene rings is 1. The molecule has 7 rings (SSSR count). The van der Waals surface area contributed by atoms with Crippen molar-refractivity contribution in [1.29, 1.82) is 0 Å². The number of nitrogens with zero attached hydrogens (tertiary/aromatic N) is 1. The van der Waals surface area contributed by atoms with Gasteiger partial charge in [-0.2, -0.15) is 0 Å². The second-order valence-electron chi connectivity index (χ2n) is 13.8. The Morgan fingerprint density at radius 3 is 2.43 bits per heavy atom. The molecule has 1 spiro atoms. The number of piperidine rings is 1. The lowest BCUT2D eigenvalue weighted by Crippen LogP contribution is -2.85. The first kappa shape index (κ1) is 30.3. The van der Waals surface area contributed by atoms with E-state index in [2.05, 4.69) is 0 Å². The second kappa shape index (κ2) is 10.1. The van der Waals surface area contributed by atoms with Crippen LogP contribution in [0.4, 0.5) is 5.69 Å². The van der Waals surface area contributed by atoms with Gasteiger partial charge in [-0.25, -0.2) is 4.79 Å². The number of fused-ring (bicyclic) bond motifs is 2. The molecule has 14 atom stereocenters. The summed E-state index contributed by atoms with van der Waals surface area (Å²) in [4.78, 5) is 28.2. The largest absolute Gasteiger partial charge is 0.461 e. The van der Waals surface area contributed by atoms with Crippen molar-refractivity contribution >= 4 is 18.1 Å². The van der Waals surface area contributed by atoms with Gasteiger partial charge in [-0.1, -0.05) is 12.1 Å². The molecule has 242 valence electrons. The molecule has 7 bridgehead atoms. The van der Waals surface area contributed by atoms with Crippen LogP contribution in [0.2, 0.25) is 0 Å². The van der Waals surface area contributed by atoms with Crippen LogP contribution in [0.15, 0.2) is 24.3 Å². The third-order valence-corrected chi connectivity index (χ3v) is 13.0. The number of hydrogen-bond acceptors (Lipinski definition) is 11. The van der Waals surface area contributed by atoms with Crippen molar-refractivity contribution in [3.63, 3.8) is 0 Å². The normalized spacial score (nSPS) is 49.6. The Kier molecular flexibility index (Phi) is 6.96. The highest BCUT2D eigenvalue weighted by atomic mass is 16.6. The summed E-state index contributed by atoms with van der Waals surface area (Å²) in [5, 5.41) is 25.7. The first-order valence-electron chi connectivity index (χ1n) is 15.4. The van der Waals surface area contributed by atoms with Crippen LogP contribution < -0.4 is 5.73 Å². The lowest BCUT2D eigenvalue weighted by Gasteiger charge is -2.70. The zero-order valence-corrected chi connectivity index (χ0v) is 25.9. The number of rotatable bonds is 9. The molecule has 0 unspecified atom stereocenters. The van der Waals surface area contributed by atoms with Crippen molar-refractivity contribution in [1.82, 2.24) is 4.90 Å². The number of para-hydroxylation sites is 1. The van der Waals surface area contributed by atoms with E-state index in [0.29, 0.717) is 24.9 Å². The van der Waals surface area contributed by atoms with E-state index in [1.807, 2.05) is 0 Å². The molecule has 4 N–H and O–H groups in total. The van der Waals surface area contributed by atoms with Crippen LogP contribution in [0.5, 0.6) is 0 Å². The number of aliphatic hydroxyl groups excluding tert-OH is 1. The van der Waals surface area contributed by atoms with Crippen molar-refractivity contribution in [3.8, 4) is 0 Å². The Morgan fingerprint density at radius 1 is 1.09 bits per heavy atom. The monoisotopic (exact) mass is 616 g/mol. The summed E-state index contributed by atoms with van der Waals surface area (Å²) in [6.45, 7) is 0.204. The summed E-state index contributed by atoms with van der Waals surface area (Å²) < 4.78 is 37.3. The van der Waals surface area contributed by atoms with Gasteiger partial charge in [0.2, 0.25) is 6.41 Å². The molecule has 12 heteroatoms. The summed E-state index contributed by atoms with van der Waals surface area (Å²) in [6, 6.07) is 5.93. The van der Waals surface area contributed by atoms with E-state index in [1.165, 1.54) is 7.11 Å². The minimum Gasteiger partial charge on any atom is -0.461 e. The average Bonchev–Trinajstić information content (AvgIpc) is 3.43. The summed E-state index contributed by atoms with van der Waals surface area (Å²) in [7, 11) is 7.90. The van der Waals surface area contributed by atoms with Gasteiger partial charge in [0, 0.05) is 76.4 Å². The molecule has 0 aromatic heterocycles. The highest BCUT2D eigenvalue weighted by molar-refractivity contribution is 5.95. The molecule has 0 radical (unpaired) electrons. The van der Waals surface area contributed by atoms with Gasteiger partial charge >= 0.3 is 5.97 Å². The quantitative estimate of drug-likeness (QED) is 0.201. The van der Waals surface area contributed by atoms with Gasteiger partial charge < -0.3 is 49.3 Å². The smallest absolute Gasteiger partial charge is 0.340 e. The maximum Gasteiger partial charge on any atom is 0.340 e. The highest BCUT2D eigenvalue weighted by Crippen LogP contribution is 2.81. The first-order chi connectivity index (χ1) is 21.1. The van der Waals surface area contributed by atoms with Gasteiger partial charge in [0.15, 0.2) is 0 Å². The van der Waals surface area contributed by atoms with Crippen molar-refractivity contribution in [2.75, 3.05) is 54.4 Å². The number of esters is 1. The minimum atomic E-state index is -1.90. The highest BCUT2D eigenvalue weighted by Gasteiger charge is 2.93. The predicted octanol–water partition coefficient (Wildman–Crippen LogP) is 0.479. The predicted molar refractivity (Wildman–Crippen MR) is 154 cm³/mol. The molecule has 5 saturated carbocycles. The lowest BCUT2D eigenvalue weighted by molar-refractivity contribution is -0.350. The number of likely N-dealkylation sites (tertiary alicyclic amines) is 1. The van der Waals surface area contributed by atoms with Crippen molar-refractivity contribution < 1.29 is 48.2 Å². The van der Waals surface area contributed by atoms with Crippen LogP contribution in [0.25, 0.3) is 0 Å². The average molecular weight is 617 g/mol. The molecule has 44 heavy (non-hydrogen) atoms. The molecule has 5 aliphatic carbocycles. The van der Waals surface area contributed by atoms with Crippen LogP contribution >= 0.6 is 0 Å². The molecule has 6 fully saturated rings. The molecule has 1 amide bonds. The van der Waals surface area contributed by atoms with Crippen molar-refractivity contribution in [2.45, 2.75) is 67.0 Å². The van der Waals surface area contributed by atoms with E-state index >= 15 is 0 Å². The number of hydrogen-bond donors (Lipinski definition) is 3. The van der Waals surface area contributed by atoms with E-state index in [4.69, 9.17) is 34.2 Å². The number of amides is 1. The van der Waals surface area contributed by atoms with Crippen LogP contribution in [-0.4, -0.2) is 124 Å². The summed E-state index contributed by atoms with van der Waals surface area (Å²) in [6.07, 6.45) is -1.06. The van der Waals surface area contributed by atoms with Crippen LogP contribution in [0.1, 0.15) is 29.6 Å². The van der Waals surface area contributed by atoms with Crippen molar-refractivity contribution in [2.24, 2.45) is 34.5 Å². The molecule has 1 aliphatic heterocycles. The van der Waals surface area contributed by atoms with E-state index in [0.717, 1.165) is 6.41 Å². The molecule has 12 nitrogen and oxygen atoms in total. The maximum atomic E-state index is 13.5. The molecule has 1 saturated heterocycles. The van der Waals surface area contributed by atoms with E-state index in [1.54, 1.807) is 57.6 Å². The SMILES string of the molecule is CO[C@@H]1[C@H]2C[C@@H]3[C@H]([C@H]2OC)[C@](OC)([C@@H]1O)[C@@]1(O)[C@@H](OC)[C@@H]2[C@@]4(COC(=O)c5ccccc5N)CC[C@H](OC)[C@@]32[C@@H]1N(C=O)C4. The van der Waals surface area contributed by atoms with Crippen LogP contribution in [0, 0.1) is 34.5 Å². The summed E-state index contributed by atoms with van der Waals surface area (Å²) in [5.74, 6) is -1.83. The van der Waals surface area contributed by atoms with Crippen molar-refractivity contribution in [3.05, 3.63) is 29.8 Å². The topological polar surface area (TPSA) is 159 Å². The third kappa shape index (κ3) is 3.13. The fourth-order valence-electron chi connectivity index (χ4n) is 12.1. The van der Waals surface area contributed by atoms with E-state index in [9.17, 15) is 19.8 Å². The van der Waals surface area contributed by atoms with Crippen LogP contribution in [0.3, 0.4) is 0 Å². The Bertz CT molecular complexity index is 1330. The molecule has 1 aromatic carbocycles. The van der Waals surface area contributed by atoms with Gasteiger partial charge in [0.25, 0.3) is 0 Å². The molecular weight excluding hydrogens is 572 g/mol. The standard InChI is InChI=1S/C32H44N2O10/c1-39-20-10-11-29(14-44-27(37)16-8-6-7-9-19(16)33)13-34(15-35)28-30(20)18-12-17-22(40-2)21(18)32(43-5,25(36)23(17)41-3)31(28,38)26(42-4)24(29)30/h6-9,15,17-18,20-26,28,36,38H,10-14,33H2,1-5H3/t17-,18+,20-,21+,22-,23+,24+,25+,26-,28-,29-,30-,31+,32-/m0/s1.